The van der Waals surface area contributed by atoms with Crippen molar-refractivity contribution in [3.05, 3.63) is 16.7 Å². The van der Waals surface area contributed by atoms with Crippen LogP contribution in [0.1, 0.15) is 0 Å². The number of nitrogen functional groups attached to an aromatic ring is 1. The number of hydrogen-bond acceptors (Lipinski definition) is 4. The van der Waals surface area contributed by atoms with Crippen molar-refractivity contribution in [3.63, 3.8) is 0 Å². The molecule has 0 saturated heterocycles. The van der Waals surface area contributed by atoms with E-state index in [2.05, 4.69) is 15.0 Å². The van der Waals surface area contributed by atoms with Crippen LogP contribution < -0.4 is 11.3 Å². The van der Waals surface area contributed by atoms with Crippen LogP contribution >= 0.6 is 11.8 Å². The molecule has 2 heterocycles. The summed E-state index contributed by atoms with van der Waals surface area (Å²) in [6.07, 6.45) is 1.29. The molecule has 2 aromatic rings. The van der Waals surface area contributed by atoms with Crippen molar-refractivity contribution in [2.75, 3.05) is 5.73 Å². The van der Waals surface area contributed by atoms with Gasteiger partial charge in [-0.05, 0) is 0 Å². The normalized spacial score (nSPS) is 10.8. The highest BCUT2D eigenvalue weighted by molar-refractivity contribution is 6.18. The van der Waals surface area contributed by atoms with E-state index in [1.165, 1.54) is 6.33 Å². The fraction of sp³-hybridized carbons (Fsp3) is 0. The number of rotatable bonds is 0. The van der Waals surface area contributed by atoms with Gasteiger partial charge in [0, 0.05) is 11.8 Å². The van der Waals surface area contributed by atoms with Crippen LogP contribution in [0.4, 0.5) is 5.95 Å². The number of H-pyrrole nitrogens is 1. The van der Waals surface area contributed by atoms with Crippen LogP contribution in [0.15, 0.2) is 11.1 Å². The van der Waals surface area contributed by atoms with E-state index in [0.29, 0.717) is 0 Å². The Labute approximate surface area is 71.1 Å². The molecule has 2 rings (SSSR count). The number of nitrogens with one attached hydrogen (secondary N) is 1. The Morgan fingerprint density at radius 1 is 1.67 bits per heavy atom. The molecule has 7 heteroatoms. The first-order valence-corrected chi connectivity index (χ1v) is 3.41. The lowest BCUT2D eigenvalue weighted by Gasteiger charge is -1.91. The van der Waals surface area contributed by atoms with Gasteiger partial charge in [-0.25, -0.2) is 9.07 Å². The van der Waals surface area contributed by atoms with Crippen molar-refractivity contribution in [1.29, 1.82) is 0 Å². The minimum absolute atomic E-state index is 0.0231. The molecule has 0 saturated carbocycles. The summed E-state index contributed by atoms with van der Waals surface area (Å²) in [5, 5.41) is 0. The van der Waals surface area contributed by atoms with E-state index in [1.54, 1.807) is 0 Å². The zero-order valence-corrected chi connectivity index (χ0v) is 6.54. The van der Waals surface area contributed by atoms with E-state index in [9.17, 15) is 4.79 Å². The maximum atomic E-state index is 11.1. The van der Waals surface area contributed by atoms with Crippen LogP contribution in [0, 0.1) is 0 Å². The summed E-state index contributed by atoms with van der Waals surface area (Å²) in [4.78, 5) is 20.9. The molecule has 0 aliphatic heterocycles. The molecule has 2 aromatic heterocycles. The molecule has 0 unspecified atom stereocenters. The minimum atomic E-state index is -0.392. The van der Waals surface area contributed by atoms with Gasteiger partial charge in [0.25, 0.3) is 5.56 Å². The molecule has 12 heavy (non-hydrogen) atoms. The topological polar surface area (TPSA) is 89.6 Å². The molecule has 0 amide bonds. The molecule has 0 bridgehead atoms. The number of anilines is 1. The quantitative estimate of drug-likeness (QED) is 0.590. The van der Waals surface area contributed by atoms with Crippen LogP contribution in [-0.2, 0) is 0 Å². The molecule has 0 spiro atoms. The zero-order valence-electron chi connectivity index (χ0n) is 5.78. The number of fused-ring (bicyclic) bond motifs is 1. The molecule has 0 aliphatic carbocycles. The number of halogens is 1. The monoisotopic (exact) mass is 185 g/mol. The highest BCUT2D eigenvalue weighted by Crippen LogP contribution is 2.06. The number of aromatic nitrogens is 4. The predicted molar refractivity (Wildman–Crippen MR) is 43.8 cm³/mol. The number of nitrogens with zero attached hydrogens (tertiary/aromatic N) is 3. The summed E-state index contributed by atoms with van der Waals surface area (Å²) in [6, 6.07) is 0. The Kier molecular flexibility index (Phi) is 1.31. The van der Waals surface area contributed by atoms with Crippen molar-refractivity contribution in [2.45, 2.75) is 0 Å². The zero-order chi connectivity index (χ0) is 8.72. The average molecular weight is 186 g/mol. The van der Waals surface area contributed by atoms with Crippen LogP contribution in [0.25, 0.3) is 11.2 Å². The third-order valence-electron chi connectivity index (χ3n) is 1.39. The van der Waals surface area contributed by atoms with Gasteiger partial charge in [0.15, 0.2) is 11.2 Å². The fourth-order valence-electron chi connectivity index (χ4n) is 0.900. The molecule has 0 radical (unpaired) electrons. The smallest absolute Gasteiger partial charge is 0.280 e. The first-order valence-electron chi connectivity index (χ1n) is 3.07. The van der Waals surface area contributed by atoms with Crippen LogP contribution in [-0.4, -0.2) is 19.0 Å². The van der Waals surface area contributed by atoms with Gasteiger partial charge in [-0.15, -0.1) is 0 Å². The largest absolute Gasteiger partial charge is 0.369 e. The summed E-state index contributed by atoms with van der Waals surface area (Å²) < 4.78 is 1.11. The molecule has 62 valence electrons. The Balaban J connectivity index is 3.03. The second-order valence-electron chi connectivity index (χ2n) is 2.18. The molecule has 3 N–H and O–H groups in total. The lowest BCUT2D eigenvalue weighted by molar-refractivity contribution is 1.15. The number of imidazole rings is 1. The summed E-state index contributed by atoms with van der Waals surface area (Å²) in [5.74, 6) is 0.0231. The fourth-order valence-corrected chi connectivity index (χ4v) is 1.06. The highest BCUT2D eigenvalue weighted by atomic mass is 35.5. The van der Waals surface area contributed by atoms with Crippen molar-refractivity contribution in [1.82, 2.24) is 19.0 Å². The Hall–Kier alpha value is -1.56. The average Bonchev–Trinajstić information content (AvgIpc) is 2.33. The Morgan fingerprint density at radius 2 is 2.42 bits per heavy atom. The Bertz CT molecular complexity index is 486. The number of aromatic amines is 1. The molecule has 6 nitrogen and oxygen atoms in total. The number of hydrogen-bond donors (Lipinski definition) is 2. The lowest BCUT2D eigenvalue weighted by atomic mass is 10.5. The van der Waals surface area contributed by atoms with E-state index in [1.807, 2.05) is 0 Å². The van der Waals surface area contributed by atoms with E-state index in [-0.39, 0.29) is 17.1 Å². The van der Waals surface area contributed by atoms with Gasteiger partial charge in [0.2, 0.25) is 5.95 Å². The van der Waals surface area contributed by atoms with E-state index in [4.69, 9.17) is 17.5 Å². The third kappa shape index (κ3) is 0.850. The third-order valence-corrected chi connectivity index (χ3v) is 1.63. The van der Waals surface area contributed by atoms with Gasteiger partial charge >= 0.3 is 0 Å². The summed E-state index contributed by atoms with van der Waals surface area (Å²) >= 11 is 5.60. The summed E-state index contributed by atoms with van der Waals surface area (Å²) in [5.41, 5.74) is 5.34. The first-order chi connectivity index (χ1) is 5.68. The van der Waals surface area contributed by atoms with Crippen molar-refractivity contribution >= 4 is 28.9 Å². The summed E-state index contributed by atoms with van der Waals surface area (Å²) in [7, 11) is 0. The van der Waals surface area contributed by atoms with Crippen LogP contribution in [0.5, 0.6) is 0 Å². The van der Waals surface area contributed by atoms with Gasteiger partial charge in [0.05, 0.1) is 0 Å². The molecule has 0 atom stereocenters. The van der Waals surface area contributed by atoms with E-state index >= 15 is 0 Å². The molecule has 0 fully saturated rings. The number of nitrogens with two attached hydrogens (primary N) is 1. The maximum Gasteiger partial charge on any atom is 0.280 e. The standard InChI is InChI=1S/C5H4ClN5O/c6-11-1-8-2-3(11)9-5(7)10-4(2)12/h1H,(H3,7,9,10,12). The second kappa shape index (κ2) is 2.21. The molecular formula is C5H4ClN5O. The van der Waals surface area contributed by atoms with Gasteiger partial charge in [0.1, 0.15) is 6.33 Å². The summed E-state index contributed by atoms with van der Waals surface area (Å²) in [6.45, 7) is 0. The van der Waals surface area contributed by atoms with Crippen molar-refractivity contribution < 1.29 is 0 Å². The second-order valence-corrected chi connectivity index (χ2v) is 2.54. The van der Waals surface area contributed by atoms with Crippen LogP contribution in [0.2, 0.25) is 0 Å². The lowest BCUT2D eigenvalue weighted by Crippen LogP contribution is -2.11. The van der Waals surface area contributed by atoms with Gasteiger partial charge < -0.3 is 5.73 Å². The molecule has 0 aromatic carbocycles. The van der Waals surface area contributed by atoms with Gasteiger partial charge in [-0.3, -0.25) is 9.78 Å². The van der Waals surface area contributed by atoms with Gasteiger partial charge in [-0.2, -0.15) is 4.98 Å². The van der Waals surface area contributed by atoms with Crippen LogP contribution in [0.3, 0.4) is 0 Å². The Morgan fingerprint density at radius 3 is 3.17 bits per heavy atom. The SMILES string of the molecule is Nc1nc2c(ncn2Cl)c(=O)[nH]1. The van der Waals surface area contributed by atoms with Crippen molar-refractivity contribution in [2.24, 2.45) is 0 Å². The highest BCUT2D eigenvalue weighted by Gasteiger charge is 2.06. The molecular weight excluding hydrogens is 182 g/mol. The maximum absolute atomic E-state index is 11.1. The van der Waals surface area contributed by atoms with Crippen molar-refractivity contribution in [3.8, 4) is 0 Å². The van der Waals surface area contributed by atoms with E-state index in [0.717, 1.165) is 4.09 Å². The first kappa shape index (κ1) is 7.11. The van der Waals surface area contributed by atoms with Gasteiger partial charge in [-0.1, -0.05) is 0 Å². The minimum Gasteiger partial charge on any atom is -0.369 e. The van der Waals surface area contributed by atoms with E-state index < -0.39 is 5.56 Å². The molecule has 0 aliphatic rings. The predicted octanol–water partition coefficient (Wildman–Crippen LogP) is -0.296.